The van der Waals surface area contributed by atoms with Gasteiger partial charge in [-0.2, -0.15) is 31.8 Å². The molecule has 0 spiro atoms. The van der Waals surface area contributed by atoms with Gasteiger partial charge < -0.3 is 15.7 Å². The number of aromatic hydroxyl groups is 1. The maximum absolute atomic E-state index is 12.2. The van der Waals surface area contributed by atoms with Gasteiger partial charge in [-0.1, -0.05) is 17.7 Å². The summed E-state index contributed by atoms with van der Waals surface area (Å²) < 4.78 is 68.2. The zero-order valence-corrected chi connectivity index (χ0v) is 27.8. The van der Waals surface area contributed by atoms with Crippen LogP contribution in [-0.4, -0.2) is 46.0 Å². The van der Waals surface area contributed by atoms with E-state index >= 15 is 0 Å². The van der Waals surface area contributed by atoms with Crippen LogP contribution in [0.25, 0.3) is 10.8 Å². The summed E-state index contributed by atoms with van der Waals surface area (Å²) in [5.41, 5.74) is 4.20. The monoisotopic (exact) mass is 677 g/mol. The van der Waals surface area contributed by atoms with Gasteiger partial charge in [0.05, 0.1) is 10.6 Å². The van der Waals surface area contributed by atoms with Crippen molar-refractivity contribution in [2.24, 2.45) is 10.2 Å². The van der Waals surface area contributed by atoms with Crippen molar-refractivity contribution in [2.75, 3.05) is 10.6 Å². The Morgan fingerprint density at radius 2 is 1.30 bits per heavy atom. The summed E-state index contributed by atoms with van der Waals surface area (Å²) in [4.78, 5) is 12.1. The van der Waals surface area contributed by atoms with E-state index in [-0.39, 0.29) is 39.7 Å². The standard InChI is InChI=1S/C31H31N7O7S2/c1-15-7-8-23(18(4)9-15)34-30-32-20(6)33-31(36-30)35-25-14-22(46(40,41)42)13-21-10-19(5)28(29(39)27(21)25)38-37-24-11-16(2)17(3)12-26(24)47(43,44)45/h7-14,39H,1-6H3,(H,40,41,42)(H,43,44,45)(H2,32,33,34,35,36). The minimum atomic E-state index is -4.69. The highest BCUT2D eigenvalue weighted by Gasteiger charge is 2.22. The first-order valence-electron chi connectivity index (χ1n) is 14.0. The quantitative estimate of drug-likeness (QED) is 0.0830. The fourth-order valence-corrected chi connectivity index (χ4v) is 6.18. The van der Waals surface area contributed by atoms with Crippen molar-refractivity contribution in [2.45, 2.75) is 51.3 Å². The lowest BCUT2D eigenvalue weighted by Crippen LogP contribution is -2.07. The first-order valence-corrected chi connectivity index (χ1v) is 16.9. The van der Waals surface area contributed by atoms with Gasteiger partial charge in [-0.25, -0.2) is 0 Å². The lowest BCUT2D eigenvalue weighted by Gasteiger charge is -2.15. The molecular formula is C31H31N7O7S2. The maximum Gasteiger partial charge on any atom is 0.296 e. The van der Waals surface area contributed by atoms with Crippen LogP contribution in [0.15, 0.2) is 68.6 Å². The molecule has 0 aliphatic rings. The largest absolute Gasteiger partial charge is 0.505 e. The maximum atomic E-state index is 12.2. The Balaban J connectivity index is 1.65. The van der Waals surface area contributed by atoms with E-state index in [0.29, 0.717) is 22.5 Å². The molecule has 1 heterocycles. The van der Waals surface area contributed by atoms with E-state index in [1.807, 2.05) is 32.0 Å². The second kappa shape index (κ2) is 12.3. The zero-order valence-electron chi connectivity index (χ0n) is 26.1. The van der Waals surface area contributed by atoms with E-state index < -0.39 is 35.8 Å². The summed E-state index contributed by atoms with van der Waals surface area (Å²) in [6.45, 7) is 10.5. The van der Waals surface area contributed by atoms with Gasteiger partial charge in [-0.15, -0.1) is 10.2 Å². The van der Waals surface area contributed by atoms with Gasteiger partial charge in [0.15, 0.2) is 5.75 Å². The smallest absolute Gasteiger partial charge is 0.296 e. The molecular weight excluding hydrogens is 647 g/mol. The van der Waals surface area contributed by atoms with Crippen molar-refractivity contribution in [1.82, 2.24) is 15.0 Å². The first-order chi connectivity index (χ1) is 21.9. The molecule has 4 aromatic carbocycles. The van der Waals surface area contributed by atoms with E-state index in [9.17, 15) is 31.0 Å². The average Bonchev–Trinajstić information content (AvgIpc) is 2.94. The van der Waals surface area contributed by atoms with Crippen LogP contribution in [0.2, 0.25) is 0 Å². The fraction of sp³-hybridized carbons (Fsp3) is 0.194. The lowest BCUT2D eigenvalue weighted by molar-refractivity contribution is 0.480. The third-order valence-corrected chi connectivity index (χ3v) is 9.09. The second-order valence-corrected chi connectivity index (χ2v) is 13.9. The Morgan fingerprint density at radius 1 is 0.660 bits per heavy atom. The minimum Gasteiger partial charge on any atom is -0.505 e. The SMILES string of the molecule is Cc1ccc(Nc2nc(C)nc(Nc3cc(S(=O)(=O)O)cc4cc(C)c(N=Nc5cc(C)c(C)cc5S(=O)(=O)O)c(O)c34)n2)c(C)c1. The van der Waals surface area contributed by atoms with Crippen molar-refractivity contribution in [3.63, 3.8) is 0 Å². The van der Waals surface area contributed by atoms with E-state index in [4.69, 9.17) is 0 Å². The predicted octanol–water partition coefficient (Wildman–Crippen LogP) is 6.98. The van der Waals surface area contributed by atoms with Gasteiger partial charge in [-0.3, -0.25) is 9.11 Å². The number of aryl methyl sites for hydroxylation is 6. The molecule has 1 aromatic heterocycles. The molecule has 0 radical (unpaired) electrons. The number of azo groups is 1. The first kappa shape index (κ1) is 33.3. The number of anilines is 4. The van der Waals surface area contributed by atoms with Crippen LogP contribution in [0.4, 0.5) is 34.6 Å². The molecule has 0 saturated heterocycles. The van der Waals surface area contributed by atoms with Crippen LogP contribution in [0.1, 0.15) is 33.6 Å². The number of nitrogens with one attached hydrogen (secondary N) is 2. The van der Waals surface area contributed by atoms with Gasteiger partial charge >= 0.3 is 0 Å². The normalized spacial score (nSPS) is 12.2. The van der Waals surface area contributed by atoms with E-state index in [1.54, 1.807) is 27.7 Å². The number of benzene rings is 4. The highest BCUT2D eigenvalue weighted by Crippen LogP contribution is 2.44. The van der Waals surface area contributed by atoms with Crippen molar-refractivity contribution in [3.8, 4) is 5.75 Å². The number of nitrogens with zero attached hydrogens (tertiary/aromatic N) is 5. The third-order valence-electron chi connectivity index (χ3n) is 7.38. The topological polar surface area (TPSA) is 216 Å². The second-order valence-electron chi connectivity index (χ2n) is 11.1. The molecule has 0 aliphatic carbocycles. The average molecular weight is 678 g/mol. The molecule has 0 saturated carbocycles. The zero-order chi connectivity index (χ0) is 34.4. The molecule has 0 atom stereocenters. The number of phenols is 1. The Labute approximate surface area is 271 Å². The van der Waals surface area contributed by atoms with Crippen molar-refractivity contribution in [1.29, 1.82) is 0 Å². The van der Waals surface area contributed by atoms with Crippen LogP contribution in [0, 0.1) is 41.5 Å². The molecule has 5 aromatic rings. The van der Waals surface area contributed by atoms with Crippen molar-refractivity contribution >= 4 is 65.7 Å². The van der Waals surface area contributed by atoms with Crippen LogP contribution in [0.3, 0.4) is 0 Å². The molecule has 0 aliphatic heterocycles. The Hall–Kier alpha value is -5.03. The predicted molar refractivity (Wildman–Crippen MR) is 177 cm³/mol. The number of aromatic nitrogens is 3. The van der Waals surface area contributed by atoms with Gasteiger partial charge in [0, 0.05) is 11.1 Å². The third kappa shape index (κ3) is 7.20. The summed E-state index contributed by atoms with van der Waals surface area (Å²) in [5.74, 6) is 0.0711. The number of fused-ring (bicyclic) bond motifs is 1. The summed E-state index contributed by atoms with van der Waals surface area (Å²) in [7, 11) is -9.35. The minimum absolute atomic E-state index is 0.00283. The fourth-order valence-electron chi connectivity index (χ4n) is 4.95. The number of hydrogen-bond donors (Lipinski definition) is 5. The van der Waals surface area contributed by atoms with Crippen molar-refractivity contribution < 1.29 is 31.0 Å². The van der Waals surface area contributed by atoms with E-state index in [2.05, 4.69) is 35.8 Å². The van der Waals surface area contributed by atoms with E-state index in [0.717, 1.165) is 22.9 Å². The van der Waals surface area contributed by atoms with Crippen LogP contribution in [0.5, 0.6) is 5.75 Å². The Bertz CT molecular complexity index is 2340. The summed E-state index contributed by atoms with van der Waals surface area (Å²) in [6.07, 6.45) is 0. The summed E-state index contributed by atoms with van der Waals surface area (Å²) >= 11 is 0. The molecule has 244 valence electrons. The van der Waals surface area contributed by atoms with Crippen LogP contribution >= 0.6 is 0 Å². The Kier molecular flexibility index (Phi) is 8.72. The number of phenolic OH excluding ortho intramolecular Hbond substituents is 1. The summed E-state index contributed by atoms with van der Waals surface area (Å²) in [6, 6.07) is 12.3. The molecule has 0 amide bonds. The highest BCUT2D eigenvalue weighted by molar-refractivity contribution is 7.86. The molecule has 0 fully saturated rings. The lowest BCUT2D eigenvalue weighted by atomic mass is 10.0. The van der Waals surface area contributed by atoms with Crippen molar-refractivity contribution in [3.05, 3.63) is 82.2 Å². The number of hydrogen-bond acceptors (Lipinski definition) is 12. The molecule has 47 heavy (non-hydrogen) atoms. The van der Waals surface area contributed by atoms with Gasteiger partial charge in [-0.05, 0) is 106 Å². The molecule has 14 nitrogen and oxygen atoms in total. The molecule has 0 bridgehead atoms. The number of rotatable bonds is 8. The van der Waals surface area contributed by atoms with E-state index in [1.165, 1.54) is 24.3 Å². The van der Waals surface area contributed by atoms with Gasteiger partial charge in [0.1, 0.15) is 22.1 Å². The van der Waals surface area contributed by atoms with Gasteiger partial charge in [0.2, 0.25) is 11.9 Å². The molecule has 0 unspecified atom stereocenters. The van der Waals surface area contributed by atoms with Crippen LogP contribution in [-0.2, 0) is 20.2 Å². The Morgan fingerprint density at radius 3 is 1.91 bits per heavy atom. The molecule has 5 rings (SSSR count). The molecule has 5 N–H and O–H groups in total. The summed E-state index contributed by atoms with van der Waals surface area (Å²) in [5, 5.41) is 26.1. The highest BCUT2D eigenvalue weighted by atomic mass is 32.2. The molecule has 16 heteroatoms. The van der Waals surface area contributed by atoms with Gasteiger partial charge in [0.25, 0.3) is 20.2 Å². The van der Waals surface area contributed by atoms with Crippen LogP contribution < -0.4 is 10.6 Å².